The monoisotopic (exact) mass is 410 g/mol. The van der Waals surface area contributed by atoms with Crippen LogP contribution in [0.15, 0.2) is 73.2 Å². The molecule has 0 bridgehead atoms. The molecular weight excluding hydrogens is 388 g/mol. The number of ether oxygens (including phenoxy) is 1. The van der Waals surface area contributed by atoms with Crippen molar-refractivity contribution in [1.82, 2.24) is 9.97 Å². The fourth-order valence-corrected chi connectivity index (χ4v) is 4.40. The van der Waals surface area contributed by atoms with Gasteiger partial charge < -0.3 is 19.5 Å². The minimum absolute atomic E-state index is 0.0905. The summed E-state index contributed by atoms with van der Waals surface area (Å²) in [6.07, 6.45) is 7.60. The molecule has 1 saturated carbocycles. The Labute approximate surface area is 180 Å². The van der Waals surface area contributed by atoms with Crippen molar-refractivity contribution in [2.24, 2.45) is 0 Å². The summed E-state index contributed by atoms with van der Waals surface area (Å²) in [6, 6.07) is 18.3. The van der Waals surface area contributed by atoms with E-state index in [1.54, 1.807) is 18.5 Å². The lowest BCUT2D eigenvalue weighted by Crippen LogP contribution is -2.45. The van der Waals surface area contributed by atoms with Gasteiger partial charge in [0.25, 0.3) is 5.91 Å². The van der Waals surface area contributed by atoms with Crippen LogP contribution in [0.1, 0.15) is 23.2 Å². The molecule has 2 aromatic heterocycles. The van der Waals surface area contributed by atoms with Gasteiger partial charge in [0, 0.05) is 48.6 Å². The van der Waals surface area contributed by atoms with Crippen LogP contribution in [-0.4, -0.2) is 35.0 Å². The number of amides is 1. The number of aromatic amines is 1. The number of anilines is 2. The van der Waals surface area contributed by atoms with Crippen LogP contribution in [0.3, 0.4) is 0 Å². The number of benzene rings is 2. The smallest absolute Gasteiger partial charge is 0.263 e. The Bertz CT molecular complexity index is 1280. The maximum Gasteiger partial charge on any atom is 0.263 e. The van der Waals surface area contributed by atoms with E-state index in [1.165, 1.54) is 12.8 Å². The summed E-state index contributed by atoms with van der Waals surface area (Å²) in [7, 11) is 0. The molecule has 0 spiro atoms. The highest BCUT2D eigenvalue weighted by Gasteiger charge is 2.36. The van der Waals surface area contributed by atoms with Gasteiger partial charge in [-0.3, -0.25) is 9.78 Å². The van der Waals surface area contributed by atoms with Crippen LogP contribution in [0.25, 0.3) is 10.9 Å². The molecule has 1 aliphatic heterocycles. The Morgan fingerprint density at radius 1 is 0.968 bits per heavy atom. The highest BCUT2D eigenvalue weighted by molar-refractivity contribution is 6.10. The Morgan fingerprint density at radius 2 is 1.84 bits per heavy atom. The number of para-hydroxylation sites is 2. The fourth-order valence-electron chi connectivity index (χ4n) is 4.40. The molecule has 31 heavy (non-hydrogen) atoms. The number of nitrogens with zero attached hydrogens (tertiary/aromatic N) is 3. The fraction of sp³-hybridized carbons (Fsp3) is 0.200. The molecule has 1 amide bonds. The third-order valence-electron chi connectivity index (χ3n) is 6.07. The molecule has 1 N–H and O–H groups in total. The van der Waals surface area contributed by atoms with E-state index < -0.39 is 0 Å². The van der Waals surface area contributed by atoms with E-state index in [2.05, 4.69) is 20.9 Å². The number of H-pyrrole nitrogens is 1. The zero-order chi connectivity index (χ0) is 20.8. The van der Waals surface area contributed by atoms with E-state index in [9.17, 15) is 4.79 Å². The number of nitrogens with one attached hydrogen (secondary N) is 1. The molecule has 3 heterocycles. The number of aromatic nitrogens is 2. The molecule has 0 atom stereocenters. The summed E-state index contributed by atoms with van der Waals surface area (Å²) >= 11 is 0. The van der Waals surface area contributed by atoms with Crippen LogP contribution in [0.2, 0.25) is 0 Å². The first kappa shape index (κ1) is 18.0. The quantitative estimate of drug-likeness (QED) is 0.515. The lowest BCUT2D eigenvalue weighted by Gasteiger charge is -2.38. The van der Waals surface area contributed by atoms with Gasteiger partial charge in [0.05, 0.1) is 11.4 Å². The Kier molecular flexibility index (Phi) is 4.16. The SMILES string of the molecule is O=C(c1cnccc1Oc1cccc2[nH]ccc12)N1CCN(C2CC2)c2ccccc21. The largest absolute Gasteiger partial charge is 0.456 e. The molecule has 0 unspecified atom stereocenters. The molecule has 6 rings (SSSR count). The zero-order valence-corrected chi connectivity index (χ0v) is 17.0. The van der Waals surface area contributed by atoms with Crippen LogP contribution in [0, 0.1) is 0 Å². The van der Waals surface area contributed by atoms with Crippen molar-refractivity contribution in [1.29, 1.82) is 0 Å². The number of hydrogen-bond donors (Lipinski definition) is 1. The lowest BCUT2D eigenvalue weighted by atomic mass is 10.1. The first-order valence-corrected chi connectivity index (χ1v) is 10.6. The predicted octanol–water partition coefficient (Wildman–Crippen LogP) is 4.98. The average Bonchev–Trinajstić information content (AvgIpc) is 3.54. The Balaban J connectivity index is 1.36. The highest BCUT2D eigenvalue weighted by Crippen LogP contribution is 2.41. The second kappa shape index (κ2) is 7.16. The standard InChI is InChI=1S/C25H22N4O2/c30-25(29-15-14-28(17-8-9-17)21-5-1-2-6-22(21)29)19-16-26-12-11-24(19)31-23-7-3-4-20-18(23)10-13-27-20/h1-7,10-13,16-17,27H,8-9,14-15H2. The van der Waals surface area contributed by atoms with Crippen LogP contribution in [0.5, 0.6) is 11.5 Å². The molecule has 6 nitrogen and oxygen atoms in total. The Morgan fingerprint density at radius 3 is 2.71 bits per heavy atom. The van der Waals surface area contributed by atoms with Gasteiger partial charge in [0.15, 0.2) is 0 Å². The first-order chi connectivity index (χ1) is 15.3. The molecule has 1 aliphatic carbocycles. The van der Waals surface area contributed by atoms with E-state index in [4.69, 9.17) is 4.74 Å². The molecule has 2 aliphatic rings. The number of pyridine rings is 1. The first-order valence-electron chi connectivity index (χ1n) is 10.6. The van der Waals surface area contributed by atoms with Crippen molar-refractivity contribution in [3.05, 3.63) is 78.8 Å². The van der Waals surface area contributed by atoms with Crippen LogP contribution >= 0.6 is 0 Å². The van der Waals surface area contributed by atoms with Gasteiger partial charge >= 0.3 is 0 Å². The molecular formula is C25H22N4O2. The second-order valence-corrected chi connectivity index (χ2v) is 8.04. The molecule has 2 aromatic carbocycles. The van der Waals surface area contributed by atoms with E-state index >= 15 is 0 Å². The predicted molar refractivity (Wildman–Crippen MR) is 121 cm³/mol. The van der Waals surface area contributed by atoms with E-state index in [0.29, 0.717) is 29.6 Å². The maximum absolute atomic E-state index is 13.7. The van der Waals surface area contributed by atoms with Crippen molar-refractivity contribution < 1.29 is 9.53 Å². The van der Waals surface area contributed by atoms with Gasteiger partial charge in [0.2, 0.25) is 0 Å². The number of rotatable bonds is 4. The number of hydrogen-bond acceptors (Lipinski definition) is 4. The van der Waals surface area contributed by atoms with E-state index in [1.807, 2.05) is 53.6 Å². The van der Waals surface area contributed by atoms with Gasteiger partial charge in [-0.25, -0.2) is 0 Å². The van der Waals surface area contributed by atoms with Crippen molar-refractivity contribution in [3.8, 4) is 11.5 Å². The number of carbonyl (C=O) groups is 1. The van der Waals surface area contributed by atoms with Gasteiger partial charge in [-0.2, -0.15) is 0 Å². The lowest BCUT2D eigenvalue weighted by molar-refractivity contribution is 0.0984. The summed E-state index contributed by atoms with van der Waals surface area (Å²) in [5, 5.41) is 0.973. The molecule has 6 heteroatoms. The summed E-state index contributed by atoms with van der Waals surface area (Å²) in [5.41, 5.74) is 3.54. The zero-order valence-electron chi connectivity index (χ0n) is 17.0. The summed E-state index contributed by atoms with van der Waals surface area (Å²) in [6.45, 7) is 1.49. The highest BCUT2D eigenvalue weighted by atomic mass is 16.5. The molecule has 4 aromatic rings. The topological polar surface area (TPSA) is 61.5 Å². The van der Waals surface area contributed by atoms with Crippen LogP contribution < -0.4 is 14.5 Å². The normalized spacial score (nSPS) is 15.7. The van der Waals surface area contributed by atoms with Gasteiger partial charge in [-0.15, -0.1) is 0 Å². The third kappa shape index (κ3) is 3.11. The van der Waals surface area contributed by atoms with Crippen molar-refractivity contribution in [2.75, 3.05) is 22.9 Å². The average molecular weight is 410 g/mol. The summed E-state index contributed by atoms with van der Waals surface area (Å²) in [4.78, 5) is 25.4. The second-order valence-electron chi connectivity index (χ2n) is 8.04. The molecule has 154 valence electrons. The maximum atomic E-state index is 13.7. The summed E-state index contributed by atoms with van der Waals surface area (Å²) in [5.74, 6) is 1.13. The number of fused-ring (bicyclic) bond motifs is 2. The van der Waals surface area contributed by atoms with Crippen molar-refractivity contribution >= 4 is 28.2 Å². The minimum atomic E-state index is -0.0905. The van der Waals surface area contributed by atoms with Crippen molar-refractivity contribution in [2.45, 2.75) is 18.9 Å². The van der Waals surface area contributed by atoms with Gasteiger partial charge in [-0.1, -0.05) is 18.2 Å². The van der Waals surface area contributed by atoms with E-state index in [-0.39, 0.29) is 5.91 Å². The van der Waals surface area contributed by atoms with Crippen LogP contribution in [-0.2, 0) is 0 Å². The van der Waals surface area contributed by atoms with Gasteiger partial charge in [-0.05, 0) is 49.2 Å². The Hall–Kier alpha value is -3.80. The van der Waals surface area contributed by atoms with Gasteiger partial charge in [0.1, 0.15) is 17.1 Å². The van der Waals surface area contributed by atoms with Crippen LogP contribution in [0.4, 0.5) is 11.4 Å². The third-order valence-corrected chi connectivity index (χ3v) is 6.07. The molecule has 1 fully saturated rings. The molecule has 0 saturated heterocycles. The van der Waals surface area contributed by atoms with Crippen molar-refractivity contribution in [3.63, 3.8) is 0 Å². The molecule has 0 radical (unpaired) electrons. The summed E-state index contributed by atoms with van der Waals surface area (Å²) < 4.78 is 6.23. The number of carbonyl (C=O) groups excluding carboxylic acids is 1. The minimum Gasteiger partial charge on any atom is -0.456 e. The van der Waals surface area contributed by atoms with E-state index in [0.717, 1.165) is 28.8 Å².